The molecule has 1 aliphatic carbocycles. The van der Waals surface area contributed by atoms with E-state index in [0.717, 1.165) is 5.56 Å². The quantitative estimate of drug-likeness (QED) is 0.570. The van der Waals surface area contributed by atoms with Crippen LogP contribution in [0.4, 0.5) is 4.39 Å². The van der Waals surface area contributed by atoms with Crippen LogP contribution in [0.3, 0.4) is 0 Å². The fourth-order valence-electron chi connectivity index (χ4n) is 1.98. The third-order valence-corrected chi connectivity index (χ3v) is 2.99. The lowest BCUT2D eigenvalue weighted by Gasteiger charge is -2.15. The van der Waals surface area contributed by atoms with E-state index in [4.69, 9.17) is 5.84 Å². The molecule has 0 aliphatic heterocycles. The van der Waals surface area contributed by atoms with E-state index in [2.05, 4.69) is 12.3 Å². The fraction of sp³-hybridized carbons (Fsp3) is 0.455. The van der Waals surface area contributed by atoms with Gasteiger partial charge >= 0.3 is 0 Å². The second kappa shape index (κ2) is 3.67. The Labute approximate surface area is 83.3 Å². The zero-order valence-electron chi connectivity index (χ0n) is 8.20. The average Bonchev–Trinajstić information content (AvgIpc) is 2.84. The average molecular weight is 194 g/mol. The normalized spacial score (nSPS) is 27.4. The summed E-state index contributed by atoms with van der Waals surface area (Å²) in [6.07, 6.45) is 1.17. The molecule has 1 fully saturated rings. The van der Waals surface area contributed by atoms with Gasteiger partial charge in [-0.25, -0.2) is 4.39 Å². The highest BCUT2D eigenvalue weighted by Gasteiger charge is 2.39. The molecule has 1 aromatic carbocycles. The van der Waals surface area contributed by atoms with Gasteiger partial charge in [0.15, 0.2) is 0 Å². The van der Waals surface area contributed by atoms with E-state index in [1.165, 1.54) is 12.5 Å². The molecule has 0 radical (unpaired) electrons. The Kier molecular flexibility index (Phi) is 2.52. The Bertz CT molecular complexity index is 327. The van der Waals surface area contributed by atoms with Crippen molar-refractivity contribution in [3.05, 3.63) is 35.6 Å². The molecule has 0 amide bonds. The Balaban J connectivity index is 2.19. The number of rotatable bonds is 3. The summed E-state index contributed by atoms with van der Waals surface area (Å²) in [5.41, 5.74) is 3.72. The summed E-state index contributed by atoms with van der Waals surface area (Å²) in [7, 11) is 0. The zero-order chi connectivity index (χ0) is 10.1. The smallest absolute Gasteiger partial charge is 0.123 e. The van der Waals surface area contributed by atoms with Crippen LogP contribution in [0.25, 0.3) is 0 Å². The third-order valence-electron chi connectivity index (χ3n) is 2.99. The predicted octanol–water partition coefficient (Wildman–Crippen LogP) is 1.99. The molecule has 0 bridgehead atoms. The molecule has 1 saturated carbocycles. The number of hydrogen-bond donors (Lipinski definition) is 2. The van der Waals surface area contributed by atoms with Crippen LogP contribution < -0.4 is 11.3 Å². The Morgan fingerprint density at radius 2 is 2.29 bits per heavy atom. The fourth-order valence-corrected chi connectivity index (χ4v) is 1.98. The molecule has 0 aromatic heterocycles. The van der Waals surface area contributed by atoms with Gasteiger partial charge in [0.1, 0.15) is 5.82 Å². The SMILES string of the molecule is CC1CC1C(NN)c1cccc(F)c1. The molecule has 1 aromatic rings. The monoisotopic (exact) mass is 194 g/mol. The lowest BCUT2D eigenvalue weighted by atomic mass is 10.0. The van der Waals surface area contributed by atoms with Gasteiger partial charge in [0.05, 0.1) is 0 Å². The molecule has 2 rings (SSSR count). The van der Waals surface area contributed by atoms with Gasteiger partial charge in [0.25, 0.3) is 0 Å². The Morgan fingerprint density at radius 1 is 1.57 bits per heavy atom. The summed E-state index contributed by atoms with van der Waals surface area (Å²) in [6, 6.07) is 6.74. The van der Waals surface area contributed by atoms with Crippen LogP contribution in [0.15, 0.2) is 24.3 Å². The van der Waals surface area contributed by atoms with Crippen molar-refractivity contribution in [1.29, 1.82) is 0 Å². The molecule has 14 heavy (non-hydrogen) atoms. The molecule has 76 valence electrons. The van der Waals surface area contributed by atoms with Gasteiger partial charge in [-0.3, -0.25) is 11.3 Å². The molecule has 3 heteroatoms. The van der Waals surface area contributed by atoms with E-state index < -0.39 is 0 Å². The van der Waals surface area contributed by atoms with Gasteiger partial charge in [0.2, 0.25) is 0 Å². The van der Waals surface area contributed by atoms with Crippen molar-refractivity contribution in [3.8, 4) is 0 Å². The topological polar surface area (TPSA) is 38.0 Å². The van der Waals surface area contributed by atoms with Gasteiger partial charge in [-0.15, -0.1) is 0 Å². The van der Waals surface area contributed by atoms with E-state index >= 15 is 0 Å². The maximum absolute atomic E-state index is 13.0. The first-order valence-electron chi connectivity index (χ1n) is 4.94. The molecule has 0 spiro atoms. The van der Waals surface area contributed by atoms with Crippen molar-refractivity contribution in [3.63, 3.8) is 0 Å². The van der Waals surface area contributed by atoms with Crippen molar-refractivity contribution < 1.29 is 4.39 Å². The molecular formula is C11H15FN2. The first-order chi connectivity index (χ1) is 6.72. The minimum atomic E-state index is -0.198. The predicted molar refractivity (Wildman–Crippen MR) is 53.7 cm³/mol. The van der Waals surface area contributed by atoms with Gasteiger partial charge in [-0.1, -0.05) is 19.1 Å². The maximum atomic E-state index is 13.0. The van der Waals surface area contributed by atoms with Crippen LogP contribution in [0.5, 0.6) is 0 Å². The van der Waals surface area contributed by atoms with Crippen LogP contribution in [-0.4, -0.2) is 0 Å². The van der Waals surface area contributed by atoms with E-state index in [1.807, 2.05) is 6.07 Å². The van der Waals surface area contributed by atoms with Crippen LogP contribution in [0, 0.1) is 17.7 Å². The minimum absolute atomic E-state index is 0.0979. The van der Waals surface area contributed by atoms with E-state index in [9.17, 15) is 4.39 Å². The molecule has 1 aliphatic rings. The van der Waals surface area contributed by atoms with Crippen molar-refractivity contribution >= 4 is 0 Å². The highest BCUT2D eigenvalue weighted by Crippen LogP contribution is 2.46. The van der Waals surface area contributed by atoms with Gasteiger partial charge in [-0.05, 0) is 36.0 Å². The second-order valence-electron chi connectivity index (χ2n) is 4.08. The van der Waals surface area contributed by atoms with Crippen molar-refractivity contribution in [1.82, 2.24) is 5.43 Å². The van der Waals surface area contributed by atoms with Crippen molar-refractivity contribution in [2.24, 2.45) is 17.7 Å². The number of benzene rings is 1. The van der Waals surface area contributed by atoms with E-state index in [-0.39, 0.29) is 11.9 Å². The zero-order valence-corrected chi connectivity index (χ0v) is 8.20. The number of nitrogens with two attached hydrogens (primary N) is 1. The van der Waals surface area contributed by atoms with E-state index in [1.54, 1.807) is 12.1 Å². The molecule has 0 heterocycles. The standard InChI is InChI=1S/C11H15FN2/c1-7-5-10(7)11(14-13)8-3-2-4-9(12)6-8/h2-4,6-7,10-11,14H,5,13H2,1H3. The van der Waals surface area contributed by atoms with Crippen LogP contribution in [-0.2, 0) is 0 Å². The number of halogens is 1. The van der Waals surface area contributed by atoms with Crippen LogP contribution in [0.2, 0.25) is 0 Å². The highest BCUT2D eigenvalue weighted by molar-refractivity contribution is 5.22. The molecular weight excluding hydrogens is 179 g/mol. The van der Waals surface area contributed by atoms with Crippen LogP contribution in [0.1, 0.15) is 24.9 Å². The number of hydrazine groups is 1. The summed E-state index contributed by atoms with van der Waals surface area (Å²) in [5, 5.41) is 0. The summed E-state index contributed by atoms with van der Waals surface area (Å²) < 4.78 is 13.0. The molecule has 2 nitrogen and oxygen atoms in total. The van der Waals surface area contributed by atoms with Gasteiger partial charge < -0.3 is 0 Å². The largest absolute Gasteiger partial charge is 0.271 e. The maximum Gasteiger partial charge on any atom is 0.123 e. The summed E-state index contributed by atoms with van der Waals surface area (Å²) in [4.78, 5) is 0. The first kappa shape index (κ1) is 9.62. The van der Waals surface area contributed by atoms with Crippen molar-refractivity contribution in [2.75, 3.05) is 0 Å². The highest BCUT2D eigenvalue weighted by atomic mass is 19.1. The second-order valence-corrected chi connectivity index (χ2v) is 4.08. The molecule has 3 unspecified atom stereocenters. The van der Waals surface area contributed by atoms with E-state index in [0.29, 0.717) is 11.8 Å². The lowest BCUT2D eigenvalue weighted by molar-refractivity contribution is 0.473. The molecule has 3 atom stereocenters. The Morgan fingerprint density at radius 3 is 2.79 bits per heavy atom. The lowest BCUT2D eigenvalue weighted by Crippen LogP contribution is -2.29. The minimum Gasteiger partial charge on any atom is -0.271 e. The van der Waals surface area contributed by atoms with Crippen LogP contribution >= 0.6 is 0 Å². The van der Waals surface area contributed by atoms with Gasteiger partial charge in [0, 0.05) is 6.04 Å². The van der Waals surface area contributed by atoms with Crippen molar-refractivity contribution in [2.45, 2.75) is 19.4 Å². The number of hydrogen-bond acceptors (Lipinski definition) is 2. The Hall–Kier alpha value is -0.930. The first-order valence-corrected chi connectivity index (χ1v) is 4.94. The van der Waals surface area contributed by atoms with Gasteiger partial charge in [-0.2, -0.15) is 0 Å². The molecule has 0 saturated heterocycles. The molecule has 3 N–H and O–H groups in total. The summed E-state index contributed by atoms with van der Waals surface area (Å²) in [5.74, 6) is 6.54. The summed E-state index contributed by atoms with van der Waals surface area (Å²) >= 11 is 0. The third kappa shape index (κ3) is 1.79. The number of nitrogens with one attached hydrogen (secondary N) is 1. The summed E-state index contributed by atoms with van der Waals surface area (Å²) in [6.45, 7) is 2.19.